The van der Waals surface area contributed by atoms with Gasteiger partial charge in [-0.05, 0) is 35.6 Å². The SMILES string of the molecule is CCc1nc(CN2CCN(C(=O)c3ccc(CNC(=O)c4cccs4)cc3)CC2)cs1. The zero-order valence-corrected chi connectivity index (χ0v) is 19.2. The van der Waals surface area contributed by atoms with Gasteiger partial charge in [-0.3, -0.25) is 14.5 Å². The molecule has 0 spiro atoms. The van der Waals surface area contributed by atoms with Gasteiger partial charge in [0, 0.05) is 50.2 Å². The highest BCUT2D eigenvalue weighted by Crippen LogP contribution is 2.15. The van der Waals surface area contributed by atoms with Gasteiger partial charge in [0.15, 0.2) is 0 Å². The molecule has 1 aliphatic heterocycles. The Balaban J connectivity index is 1.25. The molecule has 3 heterocycles. The molecule has 2 amide bonds. The van der Waals surface area contributed by atoms with Crippen molar-refractivity contribution in [1.82, 2.24) is 20.1 Å². The number of carbonyl (C=O) groups is 2. The van der Waals surface area contributed by atoms with E-state index in [1.165, 1.54) is 16.3 Å². The van der Waals surface area contributed by atoms with Crippen molar-refractivity contribution in [3.05, 3.63) is 73.9 Å². The third-order valence-corrected chi connectivity index (χ3v) is 7.26. The Kier molecular flexibility index (Phi) is 7.11. The second-order valence-electron chi connectivity index (χ2n) is 7.51. The van der Waals surface area contributed by atoms with Gasteiger partial charge in [0.25, 0.3) is 11.8 Å². The average molecular weight is 455 g/mol. The summed E-state index contributed by atoms with van der Waals surface area (Å²) in [5.74, 6) is -0.00709. The molecule has 2 aromatic heterocycles. The number of aryl methyl sites for hydroxylation is 1. The van der Waals surface area contributed by atoms with Crippen LogP contribution in [0.3, 0.4) is 0 Å². The molecule has 0 aliphatic carbocycles. The summed E-state index contributed by atoms with van der Waals surface area (Å²) < 4.78 is 0. The third kappa shape index (κ3) is 5.58. The Morgan fingerprint density at radius 1 is 1.06 bits per heavy atom. The molecule has 1 aliphatic rings. The van der Waals surface area contributed by atoms with Crippen molar-refractivity contribution >= 4 is 34.5 Å². The average Bonchev–Trinajstić information content (AvgIpc) is 3.50. The van der Waals surface area contributed by atoms with Crippen LogP contribution in [-0.2, 0) is 19.5 Å². The summed E-state index contributed by atoms with van der Waals surface area (Å²) in [5, 5.41) is 8.11. The van der Waals surface area contributed by atoms with Crippen LogP contribution in [0.1, 0.15) is 43.2 Å². The van der Waals surface area contributed by atoms with Crippen molar-refractivity contribution < 1.29 is 9.59 Å². The topological polar surface area (TPSA) is 65.5 Å². The fraction of sp³-hybridized carbons (Fsp3) is 0.348. The maximum Gasteiger partial charge on any atom is 0.261 e. The van der Waals surface area contributed by atoms with Crippen LogP contribution in [0, 0.1) is 0 Å². The predicted octanol–water partition coefficient (Wildman–Crippen LogP) is 3.66. The highest BCUT2D eigenvalue weighted by Gasteiger charge is 2.22. The first-order chi connectivity index (χ1) is 15.1. The largest absolute Gasteiger partial charge is 0.347 e. The van der Waals surface area contributed by atoms with Crippen LogP contribution < -0.4 is 5.32 Å². The number of nitrogens with one attached hydrogen (secondary N) is 1. The summed E-state index contributed by atoms with van der Waals surface area (Å²) in [4.78, 5) is 34.5. The van der Waals surface area contributed by atoms with Gasteiger partial charge in [0.05, 0.1) is 15.6 Å². The minimum Gasteiger partial charge on any atom is -0.347 e. The lowest BCUT2D eigenvalue weighted by Gasteiger charge is -2.34. The van der Waals surface area contributed by atoms with Crippen LogP contribution in [0.2, 0.25) is 0 Å². The van der Waals surface area contributed by atoms with Crippen LogP contribution in [0.5, 0.6) is 0 Å². The minimum atomic E-state index is -0.0726. The molecule has 8 heteroatoms. The molecule has 6 nitrogen and oxygen atoms in total. The molecule has 1 N–H and O–H groups in total. The molecule has 0 unspecified atom stereocenters. The normalized spacial score (nSPS) is 14.5. The fourth-order valence-electron chi connectivity index (χ4n) is 3.55. The number of aromatic nitrogens is 1. The number of piperazine rings is 1. The van der Waals surface area contributed by atoms with Crippen molar-refractivity contribution in [3.63, 3.8) is 0 Å². The zero-order chi connectivity index (χ0) is 21.6. The summed E-state index contributed by atoms with van der Waals surface area (Å²) in [6.45, 7) is 6.59. The van der Waals surface area contributed by atoms with E-state index in [-0.39, 0.29) is 11.8 Å². The summed E-state index contributed by atoms with van der Waals surface area (Å²) in [6.07, 6.45) is 0.979. The van der Waals surface area contributed by atoms with E-state index in [1.54, 1.807) is 17.4 Å². The van der Waals surface area contributed by atoms with E-state index < -0.39 is 0 Å². The lowest BCUT2D eigenvalue weighted by atomic mass is 10.1. The lowest BCUT2D eigenvalue weighted by Crippen LogP contribution is -2.48. The standard InChI is InChI=1S/C23H26N4O2S2/c1-2-21-25-19(16-31-21)15-26-9-11-27(12-10-26)23(29)18-7-5-17(6-8-18)14-24-22(28)20-4-3-13-30-20/h3-8,13,16H,2,9-12,14-15H2,1H3,(H,24,28). The summed E-state index contributed by atoms with van der Waals surface area (Å²) >= 11 is 3.14. The fourth-order valence-corrected chi connectivity index (χ4v) is 4.92. The number of rotatable bonds is 7. The number of carbonyl (C=O) groups excluding carboxylic acids is 2. The number of hydrogen-bond donors (Lipinski definition) is 1. The lowest BCUT2D eigenvalue weighted by molar-refractivity contribution is 0.0627. The van der Waals surface area contributed by atoms with E-state index in [0.717, 1.165) is 50.4 Å². The number of nitrogens with zero attached hydrogens (tertiary/aromatic N) is 3. The van der Waals surface area contributed by atoms with Gasteiger partial charge < -0.3 is 10.2 Å². The van der Waals surface area contributed by atoms with Gasteiger partial charge in [-0.2, -0.15) is 0 Å². The van der Waals surface area contributed by atoms with Crippen LogP contribution >= 0.6 is 22.7 Å². The molecule has 1 fully saturated rings. The first-order valence-electron chi connectivity index (χ1n) is 10.5. The smallest absolute Gasteiger partial charge is 0.261 e. The molecule has 0 atom stereocenters. The van der Waals surface area contributed by atoms with E-state index in [2.05, 4.69) is 27.5 Å². The first-order valence-corrected chi connectivity index (χ1v) is 12.2. The number of thiophene rings is 1. The second-order valence-corrected chi connectivity index (χ2v) is 9.40. The summed E-state index contributed by atoms with van der Waals surface area (Å²) in [5.41, 5.74) is 2.79. The summed E-state index contributed by atoms with van der Waals surface area (Å²) in [6, 6.07) is 11.2. The van der Waals surface area contributed by atoms with E-state index in [4.69, 9.17) is 0 Å². The Labute approximate surface area is 190 Å². The van der Waals surface area contributed by atoms with Crippen molar-refractivity contribution in [1.29, 1.82) is 0 Å². The first kappa shape index (κ1) is 21.7. The third-order valence-electron chi connectivity index (χ3n) is 5.35. The van der Waals surface area contributed by atoms with Crippen LogP contribution in [0.25, 0.3) is 0 Å². The van der Waals surface area contributed by atoms with Crippen molar-refractivity contribution in [2.45, 2.75) is 26.4 Å². The van der Waals surface area contributed by atoms with Crippen LogP contribution in [0.15, 0.2) is 47.2 Å². The monoisotopic (exact) mass is 454 g/mol. The molecule has 0 saturated carbocycles. The van der Waals surface area contributed by atoms with Gasteiger partial charge in [0.2, 0.25) is 0 Å². The molecular weight excluding hydrogens is 428 g/mol. The number of amides is 2. The van der Waals surface area contributed by atoms with Crippen molar-refractivity contribution in [3.8, 4) is 0 Å². The maximum atomic E-state index is 12.9. The quantitative estimate of drug-likeness (QED) is 0.592. The molecular formula is C23H26N4O2S2. The van der Waals surface area contributed by atoms with E-state index in [9.17, 15) is 9.59 Å². The van der Waals surface area contributed by atoms with Gasteiger partial charge in [-0.15, -0.1) is 22.7 Å². The van der Waals surface area contributed by atoms with Crippen LogP contribution in [0.4, 0.5) is 0 Å². The molecule has 1 saturated heterocycles. The Bertz CT molecular complexity index is 1010. The van der Waals surface area contributed by atoms with Gasteiger partial charge in [-0.25, -0.2) is 4.98 Å². The molecule has 1 aromatic carbocycles. The molecule has 0 bridgehead atoms. The molecule has 0 radical (unpaired) electrons. The van der Waals surface area contributed by atoms with E-state index in [1.807, 2.05) is 40.6 Å². The Morgan fingerprint density at radius 2 is 1.84 bits per heavy atom. The molecule has 162 valence electrons. The van der Waals surface area contributed by atoms with Crippen molar-refractivity contribution in [2.24, 2.45) is 0 Å². The number of thiazole rings is 1. The van der Waals surface area contributed by atoms with E-state index in [0.29, 0.717) is 17.0 Å². The highest BCUT2D eigenvalue weighted by molar-refractivity contribution is 7.12. The molecule has 31 heavy (non-hydrogen) atoms. The van der Waals surface area contributed by atoms with Gasteiger partial charge in [-0.1, -0.05) is 25.1 Å². The number of hydrogen-bond acceptors (Lipinski definition) is 6. The van der Waals surface area contributed by atoms with E-state index >= 15 is 0 Å². The zero-order valence-electron chi connectivity index (χ0n) is 17.5. The summed E-state index contributed by atoms with van der Waals surface area (Å²) in [7, 11) is 0. The Morgan fingerprint density at radius 3 is 2.48 bits per heavy atom. The maximum absolute atomic E-state index is 12.9. The Hall–Kier alpha value is -2.55. The number of benzene rings is 1. The minimum absolute atomic E-state index is 0.0655. The van der Waals surface area contributed by atoms with Crippen molar-refractivity contribution in [2.75, 3.05) is 26.2 Å². The second kappa shape index (κ2) is 10.2. The van der Waals surface area contributed by atoms with Crippen LogP contribution in [-0.4, -0.2) is 52.8 Å². The highest BCUT2D eigenvalue weighted by atomic mass is 32.1. The van der Waals surface area contributed by atoms with Gasteiger partial charge in [0.1, 0.15) is 0 Å². The molecule has 3 aromatic rings. The van der Waals surface area contributed by atoms with Gasteiger partial charge >= 0.3 is 0 Å². The molecule has 4 rings (SSSR count). The predicted molar refractivity (Wildman–Crippen MR) is 125 cm³/mol.